The van der Waals surface area contributed by atoms with E-state index in [0.29, 0.717) is 102 Å². The van der Waals surface area contributed by atoms with E-state index in [4.69, 9.17) is 36.0 Å². The summed E-state index contributed by atoms with van der Waals surface area (Å²) in [5.41, 5.74) is 3.82. The van der Waals surface area contributed by atoms with Crippen LogP contribution in [0.15, 0.2) is 48.5 Å². The number of anilines is 2. The molecule has 0 saturated carbocycles. The van der Waals surface area contributed by atoms with Gasteiger partial charge in [0.1, 0.15) is 0 Å². The van der Waals surface area contributed by atoms with Crippen molar-refractivity contribution in [1.82, 2.24) is 10.6 Å². The number of epoxide rings is 2. The highest BCUT2D eigenvalue weighted by atomic mass is 28.4. The van der Waals surface area contributed by atoms with Crippen molar-refractivity contribution < 1.29 is 45.6 Å². The summed E-state index contributed by atoms with van der Waals surface area (Å²) in [5.74, 6) is 0. The van der Waals surface area contributed by atoms with Crippen molar-refractivity contribution in [2.45, 2.75) is 85.1 Å². The van der Waals surface area contributed by atoms with Crippen LogP contribution in [0.3, 0.4) is 0 Å². The van der Waals surface area contributed by atoms with E-state index in [-0.39, 0.29) is 0 Å². The van der Waals surface area contributed by atoms with Crippen LogP contribution in [0, 0.1) is 0 Å². The van der Waals surface area contributed by atoms with Gasteiger partial charge in [0.15, 0.2) is 0 Å². The van der Waals surface area contributed by atoms with Crippen molar-refractivity contribution in [3.63, 3.8) is 0 Å². The number of rotatable bonds is 28. The average Bonchev–Trinajstić information content (AvgIpc) is 4.12. The Bertz CT molecular complexity index is 1320. The van der Waals surface area contributed by atoms with Gasteiger partial charge in [-0.3, -0.25) is 0 Å². The van der Waals surface area contributed by atoms with Crippen molar-refractivity contribution in [3.8, 4) is 0 Å². The first kappa shape index (κ1) is 44.8. The Balaban J connectivity index is 1.42. The van der Waals surface area contributed by atoms with Crippen LogP contribution in [-0.4, -0.2) is 121 Å². The van der Waals surface area contributed by atoms with Crippen molar-refractivity contribution >= 4 is 41.0 Å². The number of urea groups is 2. The van der Waals surface area contributed by atoms with Crippen LogP contribution in [0.25, 0.3) is 0 Å². The maximum Gasteiger partial charge on any atom is 0.500 e. The fraction of sp³-hybridized carbons (Fsp3) is 0.641. The second-order valence-electron chi connectivity index (χ2n) is 13.3. The zero-order chi connectivity index (χ0) is 39.5. The van der Waals surface area contributed by atoms with Gasteiger partial charge in [0.05, 0.1) is 31.1 Å². The van der Waals surface area contributed by atoms with Crippen molar-refractivity contribution in [3.05, 3.63) is 59.7 Å². The summed E-state index contributed by atoms with van der Waals surface area (Å²) in [4.78, 5) is 31.0. The van der Waals surface area contributed by atoms with Crippen LogP contribution in [0.5, 0.6) is 0 Å². The number of hydrogen-bond acceptors (Lipinski definition) is 11. The van der Waals surface area contributed by atoms with Gasteiger partial charge in [-0.2, -0.15) is 0 Å². The van der Waals surface area contributed by atoms with Crippen LogP contribution in [0.4, 0.5) is 21.0 Å². The Kier molecular flexibility index (Phi) is 19.0. The molecule has 0 radical (unpaired) electrons. The molecule has 4 amide bonds. The maximum atomic E-state index is 13.7. The van der Waals surface area contributed by atoms with E-state index in [9.17, 15) is 9.59 Å². The third kappa shape index (κ3) is 14.8. The van der Waals surface area contributed by atoms with Gasteiger partial charge in [0.25, 0.3) is 0 Å². The Morgan fingerprint density at radius 1 is 0.600 bits per heavy atom. The molecular weight excluding hydrogens is 741 g/mol. The predicted molar refractivity (Wildman–Crippen MR) is 217 cm³/mol. The minimum atomic E-state index is -2.88. The van der Waals surface area contributed by atoms with E-state index in [0.717, 1.165) is 48.0 Å². The molecule has 2 fully saturated rings. The van der Waals surface area contributed by atoms with Gasteiger partial charge in [-0.05, 0) is 96.2 Å². The van der Waals surface area contributed by atoms with Crippen LogP contribution in [0.2, 0.25) is 12.1 Å². The standard InChI is InChI=1S/C39H64N4O10Si2/c1-7-48-54(49-8-2,50-9-3)25-13-23-40-38(44)43(39(45)41-24-14-26-55(51-10-4,52-11-5)53-12-6)35-21-17-33(18-22-35)27-32-15-19-34(20-16-32)42(28-36-30-46-36)29-37-31-47-37/h15-22,36-37H,7-14,23-31H2,1-6H3,(H,40,44)(H,41,45). The third-order valence-corrected chi connectivity index (χ3v) is 15.3. The van der Waals surface area contributed by atoms with Gasteiger partial charge in [0.2, 0.25) is 0 Å². The first-order valence-corrected chi connectivity index (χ1v) is 23.9. The van der Waals surface area contributed by atoms with Crippen molar-refractivity contribution in [2.75, 3.05) is 88.8 Å². The average molecular weight is 805 g/mol. The largest absolute Gasteiger partial charge is 0.500 e. The molecule has 0 aliphatic carbocycles. The van der Waals surface area contributed by atoms with E-state index in [1.54, 1.807) is 0 Å². The van der Waals surface area contributed by atoms with Gasteiger partial charge in [-0.15, -0.1) is 0 Å². The zero-order valence-electron chi connectivity index (χ0n) is 33.8. The Labute approximate surface area is 330 Å². The fourth-order valence-electron chi connectivity index (χ4n) is 6.43. The monoisotopic (exact) mass is 804 g/mol. The predicted octanol–water partition coefficient (Wildman–Crippen LogP) is 5.98. The highest BCUT2D eigenvalue weighted by Gasteiger charge is 2.41. The van der Waals surface area contributed by atoms with Crippen LogP contribution < -0.4 is 20.4 Å². The molecule has 0 aromatic heterocycles. The second-order valence-corrected chi connectivity index (χ2v) is 18.8. The summed E-state index contributed by atoms with van der Waals surface area (Å²) in [6, 6.07) is 16.1. The smallest absolute Gasteiger partial charge is 0.374 e. The summed E-state index contributed by atoms with van der Waals surface area (Å²) >= 11 is 0. The normalized spacial score (nSPS) is 16.5. The summed E-state index contributed by atoms with van der Waals surface area (Å²) in [5, 5.41) is 5.87. The Morgan fingerprint density at radius 3 is 1.27 bits per heavy atom. The van der Waals surface area contributed by atoms with Gasteiger partial charge in [-0.1, -0.05) is 24.3 Å². The first-order chi connectivity index (χ1) is 26.7. The molecule has 2 aliphatic rings. The lowest BCUT2D eigenvalue weighted by Gasteiger charge is -2.29. The molecule has 2 unspecified atom stereocenters. The van der Waals surface area contributed by atoms with Gasteiger partial charge >= 0.3 is 29.7 Å². The zero-order valence-corrected chi connectivity index (χ0v) is 35.8. The lowest BCUT2D eigenvalue weighted by molar-refractivity contribution is 0.0701. The molecule has 14 nitrogen and oxygen atoms in total. The number of benzene rings is 2. The molecule has 308 valence electrons. The molecule has 2 aliphatic heterocycles. The van der Waals surface area contributed by atoms with Crippen molar-refractivity contribution in [1.29, 1.82) is 0 Å². The molecule has 55 heavy (non-hydrogen) atoms. The van der Waals surface area contributed by atoms with E-state index in [2.05, 4.69) is 39.8 Å². The van der Waals surface area contributed by atoms with Crippen LogP contribution >= 0.6 is 0 Å². The van der Waals surface area contributed by atoms with Gasteiger partial charge in [0, 0.05) is 83.6 Å². The molecule has 2 N–H and O–H groups in total. The second kappa shape index (κ2) is 23.4. The van der Waals surface area contributed by atoms with E-state index < -0.39 is 29.7 Å². The number of ether oxygens (including phenoxy) is 2. The number of hydrogen-bond donors (Lipinski definition) is 2. The quantitative estimate of drug-likeness (QED) is 0.0595. The SMILES string of the molecule is CCO[Si](CCCNC(=O)N(C(=O)NCCC[Si](OCC)(OCC)OCC)c1ccc(Cc2ccc(N(CC3CO3)CC3CO3)cc2)cc1)(OCC)OCC. The molecule has 4 rings (SSSR count). The molecule has 16 heteroatoms. The number of carbonyl (C=O) groups is 2. The first-order valence-electron chi connectivity index (χ1n) is 20.1. The minimum absolute atomic E-state index is 0.297. The molecule has 0 spiro atoms. The number of nitrogens with zero attached hydrogens (tertiary/aromatic N) is 2. The van der Waals surface area contributed by atoms with Crippen molar-refractivity contribution in [2.24, 2.45) is 0 Å². The Hall–Kier alpha value is -2.91. The molecule has 2 aromatic carbocycles. The molecule has 2 atom stereocenters. The number of carbonyl (C=O) groups excluding carboxylic acids is 2. The van der Waals surface area contributed by atoms with E-state index in [1.807, 2.05) is 65.8 Å². The highest BCUT2D eigenvalue weighted by molar-refractivity contribution is 6.61. The summed E-state index contributed by atoms with van der Waals surface area (Å²) in [6.07, 6.45) is 2.41. The Morgan fingerprint density at radius 2 is 0.945 bits per heavy atom. The molecule has 2 aromatic rings. The summed E-state index contributed by atoms with van der Waals surface area (Å²) in [7, 11) is -5.75. The number of amides is 4. The van der Waals surface area contributed by atoms with Crippen LogP contribution in [0.1, 0.15) is 65.5 Å². The third-order valence-electron chi connectivity index (χ3n) is 9.02. The fourth-order valence-corrected chi connectivity index (χ4v) is 11.7. The van der Waals surface area contributed by atoms with Gasteiger partial charge in [-0.25, -0.2) is 14.5 Å². The van der Waals surface area contributed by atoms with E-state index >= 15 is 0 Å². The summed E-state index contributed by atoms with van der Waals surface area (Å²) < 4.78 is 46.8. The molecule has 2 saturated heterocycles. The molecule has 0 bridgehead atoms. The van der Waals surface area contributed by atoms with Crippen LogP contribution in [-0.2, 0) is 42.5 Å². The molecule has 2 heterocycles. The lowest BCUT2D eigenvalue weighted by atomic mass is 10.0. The van der Waals surface area contributed by atoms with E-state index in [1.165, 1.54) is 0 Å². The van der Waals surface area contributed by atoms with Gasteiger partial charge < -0.3 is 51.6 Å². The molecular formula is C39H64N4O10Si2. The minimum Gasteiger partial charge on any atom is -0.374 e. The lowest BCUT2D eigenvalue weighted by Crippen LogP contribution is -2.50. The number of imide groups is 1. The maximum absolute atomic E-state index is 13.7. The topological polar surface area (TPSA) is 145 Å². The summed E-state index contributed by atoms with van der Waals surface area (Å²) in [6.45, 7) is 18.3. The highest BCUT2D eigenvalue weighted by Crippen LogP contribution is 2.25. The number of nitrogens with one attached hydrogen (secondary N) is 2.